The summed E-state index contributed by atoms with van der Waals surface area (Å²) in [6.07, 6.45) is 4.07. The molecule has 0 atom stereocenters. The molecule has 18 heavy (non-hydrogen) atoms. The molecule has 1 rings (SSSR count). The van der Waals surface area contributed by atoms with Crippen LogP contribution in [-0.4, -0.2) is 31.3 Å². The molecule has 4 heteroatoms. The number of ether oxygens (including phenoxy) is 2. The third-order valence-corrected chi connectivity index (χ3v) is 2.51. The molecule has 1 aromatic rings. The highest BCUT2D eigenvalue weighted by atomic mass is 16.5. The SMILES string of the molecule is CCCCOCCOCc1cccnc1NCC. The van der Waals surface area contributed by atoms with Crippen LogP contribution in [0.5, 0.6) is 0 Å². The van der Waals surface area contributed by atoms with Crippen molar-refractivity contribution in [2.75, 3.05) is 31.7 Å². The fraction of sp³-hybridized carbons (Fsp3) is 0.643. The van der Waals surface area contributed by atoms with E-state index in [-0.39, 0.29) is 0 Å². The summed E-state index contributed by atoms with van der Waals surface area (Å²) < 4.78 is 11.0. The van der Waals surface area contributed by atoms with Crippen LogP contribution in [0.1, 0.15) is 32.3 Å². The van der Waals surface area contributed by atoms with Crippen molar-refractivity contribution >= 4 is 5.82 Å². The minimum Gasteiger partial charge on any atom is -0.379 e. The molecule has 0 amide bonds. The van der Waals surface area contributed by atoms with E-state index in [1.165, 1.54) is 6.42 Å². The summed E-state index contributed by atoms with van der Waals surface area (Å²) in [6, 6.07) is 3.96. The molecule has 0 aliphatic carbocycles. The lowest BCUT2D eigenvalue weighted by atomic mass is 10.2. The van der Waals surface area contributed by atoms with Gasteiger partial charge in [0, 0.05) is 24.9 Å². The van der Waals surface area contributed by atoms with Crippen LogP contribution < -0.4 is 5.32 Å². The Morgan fingerprint density at radius 1 is 1.17 bits per heavy atom. The van der Waals surface area contributed by atoms with Crippen molar-refractivity contribution in [1.82, 2.24) is 4.98 Å². The van der Waals surface area contributed by atoms with Gasteiger partial charge in [0.25, 0.3) is 0 Å². The lowest BCUT2D eigenvalue weighted by Crippen LogP contribution is -2.08. The first-order valence-corrected chi connectivity index (χ1v) is 6.71. The van der Waals surface area contributed by atoms with E-state index in [1.54, 1.807) is 6.20 Å². The zero-order valence-electron chi connectivity index (χ0n) is 11.4. The van der Waals surface area contributed by atoms with Gasteiger partial charge < -0.3 is 14.8 Å². The van der Waals surface area contributed by atoms with Crippen LogP contribution in [0.4, 0.5) is 5.82 Å². The fourth-order valence-electron chi connectivity index (χ4n) is 1.53. The number of nitrogens with one attached hydrogen (secondary N) is 1. The number of hydrogen-bond acceptors (Lipinski definition) is 4. The van der Waals surface area contributed by atoms with Gasteiger partial charge in [0.1, 0.15) is 5.82 Å². The zero-order valence-corrected chi connectivity index (χ0v) is 11.4. The average molecular weight is 252 g/mol. The number of rotatable bonds is 10. The highest BCUT2D eigenvalue weighted by Gasteiger charge is 2.01. The molecule has 0 aliphatic heterocycles. The van der Waals surface area contributed by atoms with Crippen molar-refractivity contribution in [3.05, 3.63) is 23.9 Å². The van der Waals surface area contributed by atoms with E-state index in [2.05, 4.69) is 24.1 Å². The molecule has 0 fully saturated rings. The van der Waals surface area contributed by atoms with E-state index in [1.807, 2.05) is 12.1 Å². The number of anilines is 1. The molecule has 4 nitrogen and oxygen atoms in total. The third-order valence-electron chi connectivity index (χ3n) is 2.51. The van der Waals surface area contributed by atoms with Crippen LogP contribution in [0, 0.1) is 0 Å². The van der Waals surface area contributed by atoms with Crippen LogP contribution in [0.15, 0.2) is 18.3 Å². The molecule has 1 N–H and O–H groups in total. The first-order valence-electron chi connectivity index (χ1n) is 6.71. The Kier molecular flexibility index (Phi) is 8.17. The molecule has 0 spiro atoms. The highest BCUT2D eigenvalue weighted by Crippen LogP contribution is 2.12. The molecule has 0 saturated carbocycles. The summed E-state index contributed by atoms with van der Waals surface area (Å²) in [5.74, 6) is 0.909. The summed E-state index contributed by atoms with van der Waals surface area (Å²) in [7, 11) is 0. The second kappa shape index (κ2) is 9.85. The van der Waals surface area contributed by atoms with Gasteiger partial charge in [-0.25, -0.2) is 4.98 Å². The van der Waals surface area contributed by atoms with Crippen LogP contribution in [-0.2, 0) is 16.1 Å². The third kappa shape index (κ3) is 5.98. The smallest absolute Gasteiger partial charge is 0.131 e. The number of nitrogens with zero attached hydrogens (tertiary/aromatic N) is 1. The Morgan fingerprint density at radius 2 is 2.00 bits per heavy atom. The van der Waals surface area contributed by atoms with Gasteiger partial charge in [-0.15, -0.1) is 0 Å². The van der Waals surface area contributed by atoms with Crippen molar-refractivity contribution in [2.45, 2.75) is 33.3 Å². The standard InChI is InChI=1S/C14H24N2O2/c1-3-5-9-17-10-11-18-12-13-7-6-8-16-14(13)15-4-2/h6-8H,3-5,9-12H2,1-2H3,(H,15,16). The minimum atomic E-state index is 0.577. The van der Waals surface area contributed by atoms with Crippen LogP contribution in [0.3, 0.4) is 0 Å². The van der Waals surface area contributed by atoms with Crippen molar-refractivity contribution in [1.29, 1.82) is 0 Å². The van der Waals surface area contributed by atoms with E-state index in [4.69, 9.17) is 9.47 Å². The monoisotopic (exact) mass is 252 g/mol. The zero-order chi connectivity index (χ0) is 13.1. The number of aromatic nitrogens is 1. The van der Waals surface area contributed by atoms with Crippen molar-refractivity contribution < 1.29 is 9.47 Å². The number of unbranched alkanes of at least 4 members (excludes halogenated alkanes) is 1. The number of pyridine rings is 1. The highest BCUT2D eigenvalue weighted by molar-refractivity contribution is 5.42. The van der Waals surface area contributed by atoms with Crippen LogP contribution >= 0.6 is 0 Å². The van der Waals surface area contributed by atoms with Gasteiger partial charge in [-0.3, -0.25) is 0 Å². The predicted molar refractivity (Wildman–Crippen MR) is 73.8 cm³/mol. The first-order chi connectivity index (χ1) is 8.88. The summed E-state index contributed by atoms with van der Waals surface area (Å²) in [4.78, 5) is 4.29. The maximum absolute atomic E-state index is 5.58. The summed E-state index contributed by atoms with van der Waals surface area (Å²) in [5, 5.41) is 3.22. The quantitative estimate of drug-likeness (QED) is 0.650. The molecule has 0 aliphatic rings. The van der Waals surface area contributed by atoms with E-state index in [9.17, 15) is 0 Å². The van der Waals surface area contributed by atoms with Gasteiger partial charge in [0.15, 0.2) is 0 Å². The Labute approximate surface area is 110 Å². The average Bonchev–Trinajstić information content (AvgIpc) is 2.40. The van der Waals surface area contributed by atoms with Crippen LogP contribution in [0.2, 0.25) is 0 Å². The van der Waals surface area contributed by atoms with Crippen molar-refractivity contribution in [3.63, 3.8) is 0 Å². The molecule has 0 aromatic carbocycles. The Morgan fingerprint density at radius 3 is 2.78 bits per heavy atom. The molecule has 1 aromatic heterocycles. The second-order valence-corrected chi connectivity index (χ2v) is 4.06. The largest absolute Gasteiger partial charge is 0.379 e. The minimum absolute atomic E-state index is 0.577. The van der Waals surface area contributed by atoms with Gasteiger partial charge in [0.2, 0.25) is 0 Å². The number of hydrogen-bond donors (Lipinski definition) is 1. The summed E-state index contributed by atoms with van der Waals surface area (Å²) in [6.45, 7) is 7.78. The molecular formula is C14H24N2O2. The lowest BCUT2D eigenvalue weighted by molar-refractivity contribution is 0.0398. The Balaban J connectivity index is 2.18. The topological polar surface area (TPSA) is 43.4 Å². The normalized spacial score (nSPS) is 10.6. The summed E-state index contributed by atoms with van der Waals surface area (Å²) >= 11 is 0. The van der Waals surface area contributed by atoms with Gasteiger partial charge in [-0.1, -0.05) is 19.4 Å². The predicted octanol–water partition coefficient (Wildman–Crippen LogP) is 2.85. The molecule has 1 heterocycles. The maximum Gasteiger partial charge on any atom is 0.131 e. The second-order valence-electron chi connectivity index (χ2n) is 4.06. The molecule has 0 saturated heterocycles. The van der Waals surface area contributed by atoms with E-state index in [0.717, 1.165) is 31.0 Å². The summed E-state index contributed by atoms with van der Waals surface area (Å²) in [5.41, 5.74) is 1.09. The molecular weight excluding hydrogens is 228 g/mol. The van der Waals surface area contributed by atoms with Crippen molar-refractivity contribution in [3.8, 4) is 0 Å². The van der Waals surface area contributed by atoms with Gasteiger partial charge in [-0.05, 0) is 19.4 Å². The molecule has 0 radical (unpaired) electrons. The van der Waals surface area contributed by atoms with E-state index in [0.29, 0.717) is 19.8 Å². The molecule has 102 valence electrons. The van der Waals surface area contributed by atoms with E-state index >= 15 is 0 Å². The van der Waals surface area contributed by atoms with Gasteiger partial charge in [0.05, 0.1) is 19.8 Å². The van der Waals surface area contributed by atoms with Crippen LogP contribution in [0.25, 0.3) is 0 Å². The van der Waals surface area contributed by atoms with Gasteiger partial charge in [-0.2, -0.15) is 0 Å². The van der Waals surface area contributed by atoms with Gasteiger partial charge >= 0.3 is 0 Å². The van der Waals surface area contributed by atoms with Crippen molar-refractivity contribution in [2.24, 2.45) is 0 Å². The Hall–Kier alpha value is -1.13. The van der Waals surface area contributed by atoms with E-state index < -0.39 is 0 Å². The first kappa shape index (κ1) is 14.9. The maximum atomic E-state index is 5.58. The molecule has 0 unspecified atom stereocenters. The molecule has 0 bridgehead atoms. The lowest BCUT2D eigenvalue weighted by Gasteiger charge is -2.10. The Bertz CT molecular complexity index is 318. The fourth-order valence-corrected chi connectivity index (χ4v) is 1.53.